The molecule has 94 valence electrons. The second-order valence-electron chi connectivity index (χ2n) is 4.19. The van der Waals surface area contributed by atoms with Crippen LogP contribution >= 0.6 is 0 Å². The zero-order valence-electron chi connectivity index (χ0n) is 10.7. The topological polar surface area (TPSA) is 47.0 Å². The molecule has 0 saturated heterocycles. The highest BCUT2D eigenvalue weighted by Crippen LogP contribution is 2.08. The van der Waals surface area contributed by atoms with Crippen LogP contribution in [-0.4, -0.2) is 17.1 Å². The Kier molecular flexibility index (Phi) is 4.25. The van der Waals surface area contributed by atoms with E-state index >= 15 is 0 Å². The van der Waals surface area contributed by atoms with E-state index in [2.05, 4.69) is 33.5 Å². The molecule has 2 aromatic rings. The van der Waals surface area contributed by atoms with Crippen molar-refractivity contribution in [3.8, 4) is 0 Å². The number of methoxy groups -OCH3 is 1. The molecule has 0 atom stereocenters. The van der Waals surface area contributed by atoms with E-state index < -0.39 is 0 Å². The largest absolute Gasteiger partial charge is 0.380 e. The Morgan fingerprint density at radius 1 is 1.17 bits per heavy atom. The van der Waals surface area contributed by atoms with Crippen molar-refractivity contribution in [2.75, 3.05) is 12.4 Å². The molecular formula is C14H17N3O. The van der Waals surface area contributed by atoms with Crippen LogP contribution in [0.3, 0.4) is 0 Å². The molecule has 18 heavy (non-hydrogen) atoms. The standard InChI is InChI=1S/C14H17N3O/c1-11-7-15-14(16-8-11)17-9-12-4-3-5-13(6-12)10-18-2/h3-8H,9-10H2,1-2H3,(H,15,16,17). The van der Waals surface area contributed by atoms with E-state index in [1.807, 2.05) is 13.0 Å². The molecular weight excluding hydrogens is 226 g/mol. The molecule has 0 fully saturated rings. The van der Waals surface area contributed by atoms with E-state index in [1.54, 1.807) is 19.5 Å². The summed E-state index contributed by atoms with van der Waals surface area (Å²) >= 11 is 0. The van der Waals surface area contributed by atoms with Gasteiger partial charge in [0.15, 0.2) is 0 Å². The monoisotopic (exact) mass is 243 g/mol. The van der Waals surface area contributed by atoms with Gasteiger partial charge in [-0.25, -0.2) is 9.97 Å². The van der Waals surface area contributed by atoms with Crippen molar-refractivity contribution in [1.29, 1.82) is 0 Å². The van der Waals surface area contributed by atoms with Crippen LogP contribution in [0.2, 0.25) is 0 Å². The molecule has 0 saturated carbocycles. The molecule has 0 aliphatic heterocycles. The van der Waals surface area contributed by atoms with Gasteiger partial charge in [-0.1, -0.05) is 24.3 Å². The van der Waals surface area contributed by atoms with E-state index in [0.29, 0.717) is 19.1 Å². The van der Waals surface area contributed by atoms with E-state index in [4.69, 9.17) is 4.74 Å². The lowest BCUT2D eigenvalue weighted by molar-refractivity contribution is 0.185. The maximum absolute atomic E-state index is 5.11. The van der Waals surface area contributed by atoms with Gasteiger partial charge in [-0.05, 0) is 23.6 Å². The summed E-state index contributed by atoms with van der Waals surface area (Å²) in [5, 5.41) is 3.19. The minimum absolute atomic E-state index is 0.634. The molecule has 1 heterocycles. The summed E-state index contributed by atoms with van der Waals surface area (Å²) in [7, 11) is 1.70. The molecule has 0 radical (unpaired) electrons. The second kappa shape index (κ2) is 6.12. The molecule has 0 aliphatic rings. The van der Waals surface area contributed by atoms with Crippen LogP contribution in [-0.2, 0) is 17.9 Å². The van der Waals surface area contributed by atoms with Gasteiger partial charge in [0.05, 0.1) is 6.61 Å². The van der Waals surface area contributed by atoms with Gasteiger partial charge in [-0.3, -0.25) is 0 Å². The third kappa shape index (κ3) is 3.53. The fourth-order valence-corrected chi connectivity index (χ4v) is 1.66. The first-order valence-electron chi connectivity index (χ1n) is 5.87. The Labute approximate surface area is 107 Å². The molecule has 0 bridgehead atoms. The summed E-state index contributed by atoms with van der Waals surface area (Å²) in [6.45, 7) is 3.31. The number of anilines is 1. The fraction of sp³-hybridized carbons (Fsp3) is 0.286. The fourth-order valence-electron chi connectivity index (χ4n) is 1.66. The summed E-state index contributed by atoms with van der Waals surface area (Å²) < 4.78 is 5.11. The second-order valence-corrected chi connectivity index (χ2v) is 4.19. The summed E-state index contributed by atoms with van der Waals surface area (Å²) in [4.78, 5) is 8.41. The van der Waals surface area contributed by atoms with Crippen LogP contribution in [0.25, 0.3) is 0 Å². The number of benzene rings is 1. The molecule has 2 rings (SSSR count). The molecule has 0 unspecified atom stereocenters. The molecule has 1 aromatic carbocycles. The lowest BCUT2D eigenvalue weighted by Gasteiger charge is -2.06. The number of ether oxygens (including phenoxy) is 1. The van der Waals surface area contributed by atoms with Crippen molar-refractivity contribution in [3.05, 3.63) is 53.3 Å². The average Bonchev–Trinajstić information content (AvgIpc) is 2.39. The smallest absolute Gasteiger partial charge is 0.222 e. The van der Waals surface area contributed by atoms with Gasteiger partial charge in [-0.2, -0.15) is 0 Å². The van der Waals surface area contributed by atoms with Gasteiger partial charge in [-0.15, -0.1) is 0 Å². The molecule has 4 nitrogen and oxygen atoms in total. The number of hydrogen-bond acceptors (Lipinski definition) is 4. The Morgan fingerprint density at radius 3 is 2.61 bits per heavy atom. The number of aromatic nitrogens is 2. The quantitative estimate of drug-likeness (QED) is 0.876. The summed E-state index contributed by atoms with van der Waals surface area (Å²) in [5.41, 5.74) is 3.41. The Balaban J connectivity index is 1.97. The third-order valence-electron chi connectivity index (χ3n) is 2.53. The van der Waals surface area contributed by atoms with Gasteiger partial charge in [0.25, 0.3) is 0 Å². The van der Waals surface area contributed by atoms with Crippen LogP contribution in [0.15, 0.2) is 36.7 Å². The minimum Gasteiger partial charge on any atom is -0.380 e. The summed E-state index contributed by atoms with van der Waals surface area (Å²) in [5.74, 6) is 0.651. The Hall–Kier alpha value is -1.94. The number of nitrogens with zero attached hydrogens (tertiary/aromatic N) is 2. The van der Waals surface area contributed by atoms with Crippen LogP contribution in [0, 0.1) is 6.92 Å². The van der Waals surface area contributed by atoms with Gasteiger partial charge >= 0.3 is 0 Å². The molecule has 4 heteroatoms. The number of rotatable bonds is 5. The van der Waals surface area contributed by atoms with Gasteiger partial charge in [0.1, 0.15) is 0 Å². The number of hydrogen-bond donors (Lipinski definition) is 1. The van der Waals surface area contributed by atoms with E-state index in [1.165, 1.54) is 11.1 Å². The lowest BCUT2D eigenvalue weighted by Crippen LogP contribution is -2.03. The molecule has 1 N–H and O–H groups in total. The van der Waals surface area contributed by atoms with Crippen molar-refractivity contribution in [2.24, 2.45) is 0 Å². The summed E-state index contributed by atoms with van der Waals surface area (Å²) in [6, 6.07) is 8.27. The first kappa shape index (κ1) is 12.5. The Morgan fingerprint density at radius 2 is 1.89 bits per heavy atom. The van der Waals surface area contributed by atoms with Crippen molar-refractivity contribution < 1.29 is 4.74 Å². The maximum Gasteiger partial charge on any atom is 0.222 e. The first-order chi connectivity index (χ1) is 8.78. The van der Waals surface area contributed by atoms with E-state index in [-0.39, 0.29) is 0 Å². The lowest BCUT2D eigenvalue weighted by atomic mass is 10.1. The van der Waals surface area contributed by atoms with Crippen LogP contribution in [0.1, 0.15) is 16.7 Å². The minimum atomic E-state index is 0.634. The normalized spacial score (nSPS) is 10.3. The van der Waals surface area contributed by atoms with E-state index in [0.717, 1.165) is 5.56 Å². The van der Waals surface area contributed by atoms with Gasteiger partial charge < -0.3 is 10.1 Å². The van der Waals surface area contributed by atoms with Crippen molar-refractivity contribution in [1.82, 2.24) is 9.97 Å². The number of nitrogens with one attached hydrogen (secondary N) is 1. The number of aryl methyl sites for hydroxylation is 1. The molecule has 0 amide bonds. The zero-order valence-corrected chi connectivity index (χ0v) is 10.7. The van der Waals surface area contributed by atoms with Crippen LogP contribution in [0.4, 0.5) is 5.95 Å². The highest BCUT2D eigenvalue weighted by Gasteiger charge is 1.98. The predicted octanol–water partition coefficient (Wildman–Crippen LogP) is 2.54. The van der Waals surface area contributed by atoms with E-state index in [9.17, 15) is 0 Å². The van der Waals surface area contributed by atoms with Crippen molar-refractivity contribution >= 4 is 5.95 Å². The highest BCUT2D eigenvalue weighted by molar-refractivity contribution is 5.29. The maximum atomic E-state index is 5.11. The van der Waals surface area contributed by atoms with Gasteiger partial charge in [0.2, 0.25) is 5.95 Å². The predicted molar refractivity (Wildman–Crippen MR) is 71.3 cm³/mol. The molecule has 0 aliphatic carbocycles. The van der Waals surface area contributed by atoms with Crippen molar-refractivity contribution in [2.45, 2.75) is 20.1 Å². The molecule has 0 spiro atoms. The van der Waals surface area contributed by atoms with Crippen LogP contribution < -0.4 is 5.32 Å². The average molecular weight is 243 g/mol. The summed E-state index contributed by atoms with van der Waals surface area (Å²) in [6.07, 6.45) is 3.60. The SMILES string of the molecule is COCc1cccc(CNc2ncc(C)cn2)c1. The Bertz CT molecular complexity index is 497. The van der Waals surface area contributed by atoms with Crippen molar-refractivity contribution in [3.63, 3.8) is 0 Å². The zero-order chi connectivity index (χ0) is 12.8. The molecule has 1 aromatic heterocycles. The van der Waals surface area contributed by atoms with Gasteiger partial charge in [0, 0.05) is 26.0 Å². The first-order valence-corrected chi connectivity index (χ1v) is 5.87. The highest BCUT2D eigenvalue weighted by atomic mass is 16.5. The third-order valence-corrected chi connectivity index (χ3v) is 2.53. The van der Waals surface area contributed by atoms with Crippen LogP contribution in [0.5, 0.6) is 0 Å².